The third-order valence-electron chi connectivity index (χ3n) is 2.19. The lowest BCUT2D eigenvalue weighted by Gasteiger charge is -2.16. The Morgan fingerprint density at radius 2 is 2.43 bits per heavy atom. The van der Waals surface area contributed by atoms with Crippen LogP contribution in [0.4, 0.5) is 0 Å². The first-order valence-corrected chi connectivity index (χ1v) is 4.93. The normalized spacial score (nSPS) is 21.3. The average Bonchev–Trinajstić information content (AvgIpc) is 2.52. The maximum absolute atomic E-state index is 11.3. The summed E-state index contributed by atoms with van der Waals surface area (Å²) in [5, 5.41) is 8.38. The zero-order valence-electron chi connectivity index (χ0n) is 8.69. The van der Waals surface area contributed by atoms with E-state index in [1.807, 2.05) is 19.9 Å². The van der Waals surface area contributed by atoms with Gasteiger partial charge in [-0.15, -0.1) is 0 Å². The first kappa shape index (κ1) is 11.0. The summed E-state index contributed by atoms with van der Waals surface area (Å²) in [6.45, 7) is 5.33. The van der Waals surface area contributed by atoms with E-state index < -0.39 is 0 Å². The molecule has 0 spiro atoms. The van der Waals surface area contributed by atoms with Crippen LogP contribution in [-0.2, 0) is 9.53 Å². The summed E-state index contributed by atoms with van der Waals surface area (Å²) in [5.41, 5.74) is 0. The topological polar surface area (TPSA) is 53.3 Å². The van der Waals surface area contributed by atoms with Gasteiger partial charge < -0.3 is 9.64 Å². The van der Waals surface area contributed by atoms with Gasteiger partial charge in [0.25, 0.3) is 0 Å². The summed E-state index contributed by atoms with van der Waals surface area (Å²) < 4.78 is 5.59. The van der Waals surface area contributed by atoms with Gasteiger partial charge in [0.1, 0.15) is 6.42 Å². The van der Waals surface area contributed by atoms with Gasteiger partial charge in [-0.1, -0.05) is 0 Å². The monoisotopic (exact) mass is 196 g/mol. The number of ether oxygens (including phenoxy) is 1. The summed E-state index contributed by atoms with van der Waals surface area (Å²) in [4.78, 5) is 13.0. The Bertz CT molecular complexity index is 245. The van der Waals surface area contributed by atoms with Crippen LogP contribution in [0.25, 0.3) is 0 Å². The summed E-state index contributed by atoms with van der Waals surface area (Å²) >= 11 is 0. The van der Waals surface area contributed by atoms with E-state index in [2.05, 4.69) is 0 Å². The molecule has 1 heterocycles. The molecule has 4 nitrogen and oxygen atoms in total. The molecule has 78 valence electrons. The van der Waals surface area contributed by atoms with Crippen molar-refractivity contribution in [3.05, 3.63) is 0 Å². The molecule has 0 aromatic carbocycles. The van der Waals surface area contributed by atoms with Gasteiger partial charge in [0.05, 0.1) is 18.3 Å². The highest BCUT2D eigenvalue weighted by atomic mass is 16.5. The predicted octanol–water partition coefficient (Wildman–Crippen LogP) is 0.926. The highest BCUT2D eigenvalue weighted by Gasteiger charge is 2.26. The van der Waals surface area contributed by atoms with E-state index in [4.69, 9.17) is 10.00 Å². The quantitative estimate of drug-likeness (QED) is 0.674. The third-order valence-corrected chi connectivity index (χ3v) is 2.19. The SMILES string of the molecule is CC(C)O[C@H]1CCN(C(=O)CC#N)C1. The van der Waals surface area contributed by atoms with Crippen LogP contribution < -0.4 is 0 Å². The number of carbonyl (C=O) groups excluding carboxylic acids is 1. The van der Waals surface area contributed by atoms with Gasteiger partial charge in [0.2, 0.25) is 5.91 Å². The maximum atomic E-state index is 11.3. The molecular weight excluding hydrogens is 180 g/mol. The largest absolute Gasteiger partial charge is 0.374 e. The van der Waals surface area contributed by atoms with Crippen molar-refractivity contribution in [3.8, 4) is 6.07 Å². The van der Waals surface area contributed by atoms with Crippen molar-refractivity contribution in [1.29, 1.82) is 5.26 Å². The van der Waals surface area contributed by atoms with Crippen molar-refractivity contribution in [1.82, 2.24) is 4.90 Å². The minimum Gasteiger partial charge on any atom is -0.374 e. The van der Waals surface area contributed by atoms with Crippen LogP contribution in [0, 0.1) is 11.3 Å². The van der Waals surface area contributed by atoms with Gasteiger partial charge in [-0.05, 0) is 20.3 Å². The Morgan fingerprint density at radius 1 is 1.71 bits per heavy atom. The number of nitrogens with zero attached hydrogens (tertiary/aromatic N) is 2. The van der Waals surface area contributed by atoms with Crippen molar-refractivity contribution in [2.45, 2.75) is 38.9 Å². The standard InChI is InChI=1S/C10H16N2O2/c1-8(2)14-9-4-6-12(7-9)10(13)3-5-11/h8-9H,3-4,6-7H2,1-2H3/t9-/m0/s1. The van der Waals surface area contributed by atoms with Crippen molar-refractivity contribution in [3.63, 3.8) is 0 Å². The maximum Gasteiger partial charge on any atom is 0.236 e. The van der Waals surface area contributed by atoms with E-state index in [1.54, 1.807) is 4.90 Å². The average molecular weight is 196 g/mol. The summed E-state index contributed by atoms with van der Waals surface area (Å²) in [7, 11) is 0. The fourth-order valence-corrected chi connectivity index (χ4v) is 1.63. The van der Waals surface area contributed by atoms with Crippen molar-refractivity contribution < 1.29 is 9.53 Å². The highest BCUT2D eigenvalue weighted by molar-refractivity contribution is 5.78. The van der Waals surface area contributed by atoms with E-state index in [-0.39, 0.29) is 24.5 Å². The van der Waals surface area contributed by atoms with Crippen LogP contribution in [0.2, 0.25) is 0 Å². The predicted molar refractivity (Wildman–Crippen MR) is 51.4 cm³/mol. The molecule has 0 aromatic rings. The summed E-state index contributed by atoms with van der Waals surface area (Å²) in [6.07, 6.45) is 1.22. The van der Waals surface area contributed by atoms with Gasteiger partial charge in [0, 0.05) is 13.1 Å². The summed E-state index contributed by atoms with van der Waals surface area (Å²) in [6, 6.07) is 1.87. The minimum atomic E-state index is -0.0812. The molecule has 0 N–H and O–H groups in total. The van der Waals surface area contributed by atoms with E-state index in [9.17, 15) is 4.79 Å². The molecule has 14 heavy (non-hydrogen) atoms. The van der Waals surface area contributed by atoms with Crippen LogP contribution in [0.1, 0.15) is 26.7 Å². The lowest BCUT2D eigenvalue weighted by atomic mass is 10.3. The van der Waals surface area contributed by atoms with Gasteiger partial charge >= 0.3 is 0 Å². The molecule has 0 radical (unpaired) electrons. The molecule has 1 rings (SSSR count). The van der Waals surface area contributed by atoms with Crippen molar-refractivity contribution >= 4 is 5.91 Å². The van der Waals surface area contributed by atoms with E-state index >= 15 is 0 Å². The number of hydrogen-bond acceptors (Lipinski definition) is 3. The van der Waals surface area contributed by atoms with Gasteiger partial charge in [0.15, 0.2) is 0 Å². The third kappa shape index (κ3) is 3.00. The zero-order chi connectivity index (χ0) is 10.6. The molecule has 1 aliphatic rings. The van der Waals surface area contributed by atoms with Crippen LogP contribution in [-0.4, -0.2) is 36.1 Å². The second-order valence-corrected chi connectivity index (χ2v) is 3.77. The lowest BCUT2D eigenvalue weighted by molar-refractivity contribution is -0.129. The van der Waals surface area contributed by atoms with Crippen LogP contribution in [0.3, 0.4) is 0 Å². The lowest BCUT2D eigenvalue weighted by Crippen LogP contribution is -2.30. The van der Waals surface area contributed by atoms with Crippen LogP contribution >= 0.6 is 0 Å². The molecule has 1 fully saturated rings. The molecule has 0 aliphatic carbocycles. The summed E-state index contributed by atoms with van der Waals surface area (Å²) in [5.74, 6) is -0.0812. The molecule has 0 saturated carbocycles. The smallest absolute Gasteiger partial charge is 0.236 e. The minimum absolute atomic E-state index is 0.0194. The fourth-order valence-electron chi connectivity index (χ4n) is 1.63. The zero-order valence-corrected chi connectivity index (χ0v) is 8.69. The Balaban J connectivity index is 2.34. The molecule has 1 amide bonds. The first-order valence-electron chi connectivity index (χ1n) is 4.93. The number of nitriles is 1. The number of amides is 1. The molecule has 1 atom stereocenters. The number of likely N-dealkylation sites (tertiary alicyclic amines) is 1. The Morgan fingerprint density at radius 3 is 3.00 bits per heavy atom. The second kappa shape index (κ2) is 4.97. The van der Waals surface area contributed by atoms with Crippen molar-refractivity contribution in [2.75, 3.05) is 13.1 Å². The number of rotatable bonds is 3. The van der Waals surface area contributed by atoms with Crippen LogP contribution in [0.15, 0.2) is 0 Å². The Labute approximate surface area is 84.4 Å². The fraction of sp³-hybridized carbons (Fsp3) is 0.800. The molecule has 0 bridgehead atoms. The van der Waals surface area contributed by atoms with Crippen LogP contribution in [0.5, 0.6) is 0 Å². The highest BCUT2D eigenvalue weighted by Crippen LogP contribution is 2.14. The molecule has 0 unspecified atom stereocenters. The molecular formula is C10H16N2O2. The Kier molecular flexibility index (Phi) is 3.90. The first-order chi connectivity index (χ1) is 6.63. The number of hydrogen-bond donors (Lipinski definition) is 0. The van der Waals surface area contributed by atoms with E-state index in [1.165, 1.54) is 0 Å². The number of carbonyl (C=O) groups is 1. The van der Waals surface area contributed by atoms with Gasteiger partial charge in [-0.25, -0.2) is 0 Å². The van der Waals surface area contributed by atoms with Gasteiger partial charge in [-0.3, -0.25) is 4.79 Å². The van der Waals surface area contributed by atoms with E-state index in [0.29, 0.717) is 6.54 Å². The molecule has 0 aromatic heterocycles. The molecule has 1 saturated heterocycles. The molecule has 1 aliphatic heterocycles. The van der Waals surface area contributed by atoms with Crippen molar-refractivity contribution in [2.24, 2.45) is 0 Å². The van der Waals surface area contributed by atoms with E-state index in [0.717, 1.165) is 13.0 Å². The molecule has 4 heteroatoms. The second-order valence-electron chi connectivity index (χ2n) is 3.77. The van der Waals surface area contributed by atoms with Gasteiger partial charge in [-0.2, -0.15) is 5.26 Å². The Hall–Kier alpha value is -1.08.